The number of ether oxygens (including phenoxy) is 1. The van der Waals surface area contributed by atoms with E-state index in [9.17, 15) is 0 Å². The maximum atomic E-state index is 8.90. The molecular formula is C13H20O2S. The molecule has 0 radical (unpaired) electrons. The number of rotatable bonds is 7. The highest BCUT2D eigenvalue weighted by Crippen LogP contribution is 2.18. The van der Waals surface area contributed by atoms with Crippen LogP contribution in [0.25, 0.3) is 0 Å². The molecule has 1 rings (SSSR count). The first-order valence-electron chi connectivity index (χ1n) is 5.80. The van der Waals surface area contributed by atoms with Gasteiger partial charge in [0.25, 0.3) is 0 Å². The molecule has 0 spiro atoms. The van der Waals surface area contributed by atoms with Crippen LogP contribution in [-0.2, 0) is 6.61 Å². The van der Waals surface area contributed by atoms with Crippen LogP contribution in [0.5, 0.6) is 5.75 Å². The second-order valence-corrected chi connectivity index (χ2v) is 4.45. The number of benzene rings is 1. The molecule has 1 atom stereocenters. The molecule has 1 N–H and O–H groups in total. The lowest BCUT2D eigenvalue weighted by atomic mass is 10.2. The summed E-state index contributed by atoms with van der Waals surface area (Å²) in [5, 5.41) is 8.90. The van der Waals surface area contributed by atoms with Gasteiger partial charge in [-0.3, -0.25) is 0 Å². The molecule has 0 saturated carbocycles. The topological polar surface area (TPSA) is 29.5 Å². The van der Waals surface area contributed by atoms with Crippen molar-refractivity contribution in [2.45, 2.75) is 44.6 Å². The van der Waals surface area contributed by atoms with Crippen LogP contribution in [0.4, 0.5) is 0 Å². The van der Waals surface area contributed by atoms with Gasteiger partial charge in [0.2, 0.25) is 0 Å². The van der Waals surface area contributed by atoms with Crippen LogP contribution < -0.4 is 4.74 Å². The van der Waals surface area contributed by atoms with Crippen molar-refractivity contribution in [3.05, 3.63) is 29.8 Å². The van der Waals surface area contributed by atoms with Crippen LogP contribution in [0.3, 0.4) is 0 Å². The van der Waals surface area contributed by atoms with E-state index in [4.69, 9.17) is 9.84 Å². The van der Waals surface area contributed by atoms with Crippen molar-refractivity contribution in [2.75, 3.05) is 0 Å². The standard InChI is InChI=1S/C13H20O2S/c1-2-3-4-5-13(16)15-12-8-6-11(10-14)7-9-12/h6-9,13-14,16H,2-5,10H2,1H3. The van der Waals surface area contributed by atoms with Gasteiger partial charge in [-0.05, 0) is 30.5 Å². The number of aliphatic hydroxyl groups excluding tert-OH is 1. The average Bonchev–Trinajstić information content (AvgIpc) is 2.30. The fraction of sp³-hybridized carbons (Fsp3) is 0.538. The number of aliphatic hydroxyl groups is 1. The zero-order valence-corrected chi connectivity index (χ0v) is 10.6. The van der Waals surface area contributed by atoms with E-state index in [-0.39, 0.29) is 12.0 Å². The van der Waals surface area contributed by atoms with Crippen LogP contribution >= 0.6 is 12.6 Å². The van der Waals surface area contributed by atoms with Crippen LogP contribution in [0.1, 0.15) is 38.2 Å². The third kappa shape index (κ3) is 4.90. The third-order valence-electron chi connectivity index (χ3n) is 2.43. The first-order chi connectivity index (χ1) is 7.76. The van der Waals surface area contributed by atoms with E-state index in [0.29, 0.717) is 0 Å². The van der Waals surface area contributed by atoms with E-state index in [1.807, 2.05) is 24.3 Å². The van der Waals surface area contributed by atoms with Gasteiger partial charge >= 0.3 is 0 Å². The van der Waals surface area contributed by atoms with E-state index in [1.54, 1.807) is 0 Å². The molecule has 0 aromatic heterocycles. The Morgan fingerprint density at radius 1 is 1.25 bits per heavy atom. The predicted molar refractivity (Wildman–Crippen MR) is 69.9 cm³/mol. The lowest BCUT2D eigenvalue weighted by Gasteiger charge is -2.13. The van der Waals surface area contributed by atoms with Crippen LogP contribution in [-0.4, -0.2) is 10.5 Å². The number of thiol groups is 1. The Bertz CT molecular complexity index is 284. The molecule has 2 nitrogen and oxygen atoms in total. The van der Waals surface area contributed by atoms with Gasteiger partial charge in [0.05, 0.1) is 6.61 Å². The summed E-state index contributed by atoms with van der Waals surface area (Å²) in [4.78, 5) is 0. The molecule has 0 aliphatic heterocycles. The smallest absolute Gasteiger partial charge is 0.141 e. The maximum absolute atomic E-state index is 8.90. The summed E-state index contributed by atoms with van der Waals surface area (Å²) < 4.78 is 5.64. The fourth-order valence-corrected chi connectivity index (χ4v) is 1.76. The lowest BCUT2D eigenvalue weighted by Crippen LogP contribution is -2.08. The minimum atomic E-state index is -0.0356. The second kappa shape index (κ2) is 7.58. The van der Waals surface area contributed by atoms with Crippen molar-refractivity contribution < 1.29 is 9.84 Å². The highest BCUT2D eigenvalue weighted by Gasteiger charge is 2.04. The van der Waals surface area contributed by atoms with Gasteiger partial charge in [0, 0.05) is 0 Å². The van der Waals surface area contributed by atoms with Gasteiger partial charge < -0.3 is 9.84 Å². The Morgan fingerprint density at radius 3 is 2.50 bits per heavy atom. The van der Waals surface area contributed by atoms with Crippen LogP contribution in [0.2, 0.25) is 0 Å². The molecule has 0 fully saturated rings. The van der Waals surface area contributed by atoms with Crippen molar-refractivity contribution in [3.63, 3.8) is 0 Å². The zero-order valence-electron chi connectivity index (χ0n) is 9.72. The van der Waals surface area contributed by atoms with Gasteiger partial charge in [0.1, 0.15) is 11.2 Å². The molecule has 3 heteroatoms. The van der Waals surface area contributed by atoms with Crippen molar-refractivity contribution in [1.82, 2.24) is 0 Å². The van der Waals surface area contributed by atoms with Crippen LogP contribution in [0, 0.1) is 0 Å². The normalized spacial score (nSPS) is 12.4. The first kappa shape index (κ1) is 13.4. The fourth-order valence-electron chi connectivity index (χ4n) is 1.46. The molecule has 0 saturated heterocycles. The lowest BCUT2D eigenvalue weighted by molar-refractivity contribution is 0.271. The summed E-state index contributed by atoms with van der Waals surface area (Å²) in [5.74, 6) is 0.814. The largest absolute Gasteiger partial charge is 0.480 e. The van der Waals surface area contributed by atoms with E-state index in [1.165, 1.54) is 12.8 Å². The van der Waals surface area contributed by atoms with Gasteiger partial charge in [-0.1, -0.05) is 31.9 Å². The Morgan fingerprint density at radius 2 is 1.94 bits per heavy atom. The van der Waals surface area contributed by atoms with Gasteiger partial charge in [-0.2, -0.15) is 0 Å². The first-order valence-corrected chi connectivity index (χ1v) is 6.32. The molecule has 0 aliphatic carbocycles. The molecule has 90 valence electrons. The Hall–Kier alpha value is -0.670. The second-order valence-electron chi connectivity index (χ2n) is 3.87. The molecule has 1 aromatic rings. The number of unbranched alkanes of at least 4 members (excludes halogenated alkanes) is 2. The van der Waals surface area contributed by atoms with Gasteiger partial charge in [0.15, 0.2) is 0 Å². The molecule has 16 heavy (non-hydrogen) atoms. The van der Waals surface area contributed by atoms with Crippen molar-refractivity contribution in [1.29, 1.82) is 0 Å². The molecule has 0 amide bonds. The summed E-state index contributed by atoms with van der Waals surface area (Å²) >= 11 is 4.39. The summed E-state index contributed by atoms with van der Waals surface area (Å²) in [6.07, 6.45) is 4.56. The quantitative estimate of drug-likeness (QED) is 0.434. The summed E-state index contributed by atoms with van der Waals surface area (Å²) in [7, 11) is 0. The van der Waals surface area contributed by atoms with E-state index < -0.39 is 0 Å². The minimum Gasteiger partial charge on any atom is -0.480 e. The highest BCUT2D eigenvalue weighted by atomic mass is 32.1. The summed E-state index contributed by atoms with van der Waals surface area (Å²) in [5.41, 5.74) is 0.862. The van der Waals surface area contributed by atoms with E-state index in [0.717, 1.165) is 24.2 Å². The maximum Gasteiger partial charge on any atom is 0.141 e. The molecule has 0 aliphatic rings. The molecule has 0 bridgehead atoms. The van der Waals surface area contributed by atoms with Gasteiger partial charge in [-0.25, -0.2) is 0 Å². The third-order valence-corrected chi connectivity index (χ3v) is 2.80. The minimum absolute atomic E-state index is 0.0356. The Kier molecular flexibility index (Phi) is 6.34. The zero-order chi connectivity index (χ0) is 11.8. The highest BCUT2D eigenvalue weighted by molar-refractivity contribution is 7.80. The van der Waals surface area contributed by atoms with Crippen molar-refractivity contribution in [2.24, 2.45) is 0 Å². The van der Waals surface area contributed by atoms with Gasteiger partial charge in [-0.15, -0.1) is 12.6 Å². The Labute approximate surface area is 103 Å². The number of hydrogen-bond acceptors (Lipinski definition) is 3. The molecule has 0 heterocycles. The summed E-state index contributed by atoms with van der Waals surface area (Å²) in [6.45, 7) is 2.25. The Balaban J connectivity index is 2.34. The van der Waals surface area contributed by atoms with Crippen molar-refractivity contribution in [3.8, 4) is 5.75 Å². The summed E-state index contributed by atoms with van der Waals surface area (Å²) in [6, 6.07) is 7.47. The monoisotopic (exact) mass is 240 g/mol. The van der Waals surface area contributed by atoms with E-state index in [2.05, 4.69) is 19.6 Å². The average molecular weight is 240 g/mol. The molecular weight excluding hydrogens is 220 g/mol. The van der Waals surface area contributed by atoms with Crippen LogP contribution in [0.15, 0.2) is 24.3 Å². The predicted octanol–water partition coefficient (Wildman–Crippen LogP) is 3.39. The van der Waals surface area contributed by atoms with E-state index >= 15 is 0 Å². The SMILES string of the molecule is CCCCCC(S)Oc1ccc(CO)cc1. The number of hydrogen-bond donors (Lipinski definition) is 2. The molecule has 1 aromatic carbocycles. The molecule has 1 unspecified atom stereocenters. The van der Waals surface area contributed by atoms with Crippen molar-refractivity contribution >= 4 is 12.6 Å².